The number of rotatable bonds is 4. The van der Waals surface area contributed by atoms with E-state index < -0.39 is 0 Å². The van der Waals surface area contributed by atoms with E-state index in [-0.39, 0.29) is 0 Å². The van der Waals surface area contributed by atoms with Crippen molar-refractivity contribution in [3.05, 3.63) is 23.1 Å². The lowest BCUT2D eigenvalue weighted by Crippen LogP contribution is -2.29. The summed E-state index contributed by atoms with van der Waals surface area (Å²) in [4.78, 5) is 6.19. The number of para-hydroxylation sites is 1. The van der Waals surface area contributed by atoms with Crippen molar-refractivity contribution in [2.24, 2.45) is 11.7 Å². The predicted octanol–water partition coefficient (Wildman–Crippen LogP) is 3.68. The first-order valence-corrected chi connectivity index (χ1v) is 9.86. The van der Waals surface area contributed by atoms with E-state index in [1.54, 1.807) is 18.4 Å². The van der Waals surface area contributed by atoms with Gasteiger partial charge in [-0.2, -0.15) is 0 Å². The molecule has 3 N–H and O–H groups in total. The van der Waals surface area contributed by atoms with Gasteiger partial charge in [-0.05, 0) is 50.3 Å². The monoisotopic (exact) mass is 359 g/mol. The Bertz CT molecular complexity index is 738. The van der Waals surface area contributed by atoms with Gasteiger partial charge in [-0.3, -0.25) is 0 Å². The lowest BCUT2D eigenvalue weighted by molar-refractivity contribution is 0.302. The number of benzene rings is 1. The standard InChI is InChI=1S/C19H25N3O2S/c1-23-15-4-2-3-14-17-16(9-10-24-18(14)15)25-19(22-17)21-13-7-5-12(11-20)6-8-13/h2-4,12-13H,5-11,20H2,1H3,(H,21,22). The van der Waals surface area contributed by atoms with Gasteiger partial charge in [0.05, 0.1) is 19.4 Å². The smallest absolute Gasteiger partial charge is 0.183 e. The second kappa shape index (κ2) is 7.22. The molecule has 2 aliphatic rings. The summed E-state index contributed by atoms with van der Waals surface area (Å²) in [7, 11) is 1.68. The number of hydrogen-bond donors (Lipinski definition) is 2. The Balaban J connectivity index is 1.57. The highest BCUT2D eigenvalue weighted by atomic mass is 32.1. The zero-order valence-corrected chi connectivity index (χ0v) is 15.4. The van der Waals surface area contributed by atoms with Crippen molar-refractivity contribution in [1.82, 2.24) is 4.98 Å². The highest BCUT2D eigenvalue weighted by Crippen LogP contribution is 2.43. The molecule has 0 atom stereocenters. The number of nitrogens with two attached hydrogens (primary N) is 1. The summed E-state index contributed by atoms with van der Waals surface area (Å²) in [5.41, 5.74) is 7.87. The molecule has 0 spiro atoms. The summed E-state index contributed by atoms with van der Waals surface area (Å²) < 4.78 is 11.4. The Labute approximate surface area is 152 Å². The quantitative estimate of drug-likeness (QED) is 0.871. The van der Waals surface area contributed by atoms with Crippen LogP contribution in [0.25, 0.3) is 11.3 Å². The van der Waals surface area contributed by atoms with Crippen LogP contribution in [0.3, 0.4) is 0 Å². The van der Waals surface area contributed by atoms with Crippen LogP contribution in [0.15, 0.2) is 18.2 Å². The van der Waals surface area contributed by atoms with E-state index in [1.165, 1.54) is 30.6 Å². The molecule has 1 aromatic heterocycles. The van der Waals surface area contributed by atoms with Gasteiger partial charge in [0.25, 0.3) is 0 Å². The highest BCUT2D eigenvalue weighted by molar-refractivity contribution is 7.16. The molecule has 1 aromatic carbocycles. The number of nitrogens with one attached hydrogen (secondary N) is 1. The van der Waals surface area contributed by atoms with Crippen LogP contribution in [-0.2, 0) is 6.42 Å². The molecule has 0 bridgehead atoms. The third kappa shape index (κ3) is 3.33. The lowest BCUT2D eigenvalue weighted by atomic mass is 9.86. The van der Waals surface area contributed by atoms with Crippen LogP contribution in [0.5, 0.6) is 11.5 Å². The number of anilines is 1. The van der Waals surface area contributed by atoms with Crippen molar-refractivity contribution in [3.63, 3.8) is 0 Å². The predicted molar refractivity (Wildman–Crippen MR) is 102 cm³/mol. The van der Waals surface area contributed by atoms with Crippen molar-refractivity contribution in [2.45, 2.75) is 38.1 Å². The fraction of sp³-hybridized carbons (Fsp3) is 0.526. The Hall–Kier alpha value is -1.79. The second-order valence-corrected chi connectivity index (χ2v) is 7.91. The van der Waals surface area contributed by atoms with Crippen LogP contribution >= 0.6 is 11.3 Å². The van der Waals surface area contributed by atoms with Crippen LogP contribution < -0.4 is 20.5 Å². The summed E-state index contributed by atoms with van der Waals surface area (Å²) in [6.07, 6.45) is 5.67. The average molecular weight is 359 g/mol. The first-order chi connectivity index (χ1) is 12.3. The van der Waals surface area contributed by atoms with Gasteiger partial charge in [0, 0.05) is 22.9 Å². The summed E-state index contributed by atoms with van der Waals surface area (Å²) in [5.74, 6) is 2.28. The van der Waals surface area contributed by atoms with Gasteiger partial charge >= 0.3 is 0 Å². The van der Waals surface area contributed by atoms with Gasteiger partial charge in [-0.15, -0.1) is 11.3 Å². The Morgan fingerprint density at radius 2 is 2.16 bits per heavy atom. The van der Waals surface area contributed by atoms with Crippen molar-refractivity contribution in [2.75, 3.05) is 25.6 Å². The number of fused-ring (bicyclic) bond motifs is 3. The Morgan fingerprint density at radius 3 is 2.92 bits per heavy atom. The molecule has 0 amide bonds. The van der Waals surface area contributed by atoms with E-state index in [2.05, 4.69) is 11.4 Å². The molecule has 0 radical (unpaired) electrons. The van der Waals surface area contributed by atoms with Crippen molar-refractivity contribution in [1.29, 1.82) is 0 Å². The molecule has 5 nitrogen and oxygen atoms in total. The van der Waals surface area contributed by atoms with Gasteiger partial charge in [-0.1, -0.05) is 6.07 Å². The number of ether oxygens (including phenoxy) is 2. The molecule has 1 aliphatic heterocycles. The molecular formula is C19H25N3O2S. The Morgan fingerprint density at radius 1 is 1.32 bits per heavy atom. The molecule has 25 heavy (non-hydrogen) atoms. The molecule has 0 unspecified atom stereocenters. The van der Waals surface area contributed by atoms with Crippen LogP contribution in [0, 0.1) is 5.92 Å². The summed E-state index contributed by atoms with van der Waals surface area (Å²) >= 11 is 1.76. The minimum Gasteiger partial charge on any atom is -0.493 e. The normalized spacial score (nSPS) is 22.3. The topological polar surface area (TPSA) is 69.4 Å². The summed E-state index contributed by atoms with van der Waals surface area (Å²) in [6.45, 7) is 1.47. The van der Waals surface area contributed by atoms with E-state index >= 15 is 0 Å². The van der Waals surface area contributed by atoms with Gasteiger partial charge < -0.3 is 20.5 Å². The van der Waals surface area contributed by atoms with Gasteiger partial charge in [0.15, 0.2) is 16.6 Å². The van der Waals surface area contributed by atoms with E-state index in [0.717, 1.165) is 40.9 Å². The number of aromatic nitrogens is 1. The fourth-order valence-electron chi connectivity index (χ4n) is 3.77. The zero-order chi connectivity index (χ0) is 17.2. The van der Waals surface area contributed by atoms with E-state index in [0.29, 0.717) is 18.6 Å². The van der Waals surface area contributed by atoms with Crippen LogP contribution in [0.4, 0.5) is 5.13 Å². The molecule has 2 aromatic rings. The van der Waals surface area contributed by atoms with Gasteiger partial charge in [0.1, 0.15) is 0 Å². The number of methoxy groups -OCH3 is 1. The molecule has 1 fully saturated rings. The molecule has 134 valence electrons. The number of hydrogen-bond acceptors (Lipinski definition) is 6. The largest absolute Gasteiger partial charge is 0.493 e. The lowest BCUT2D eigenvalue weighted by Gasteiger charge is -2.28. The van der Waals surface area contributed by atoms with E-state index in [9.17, 15) is 0 Å². The summed E-state index contributed by atoms with van der Waals surface area (Å²) in [6, 6.07) is 6.51. The fourth-order valence-corrected chi connectivity index (χ4v) is 4.80. The van der Waals surface area contributed by atoms with Crippen LogP contribution in [0.1, 0.15) is 30.6 Å². The third-order valence-corrected chi connectivity index (χ3v) is 6.28. The first-order valence-electron chi connectivity index (χ1n) is 9.05. The van der Waals surface area contributed by atoms with E-state index in [4.69, 9.17) is 20.2 Å². The molecular weight excluding hydrogens is 334 g/mol. The minimum absolute atomic E-state index is 0.513. The molecule has 1 saturated carbocycles. The van der Waals surface area contributed by atoms with Crippen molar-refractivity contribution >= 4 is 16.5 Å². The number of thiazole rings is 1. The van der Waals surface area contributed by atoms with Gasteiger partial charge in [-0.25, -0.2) is 4.98 Å². The second-order valence-electron chi connectivity index (χ2n) is 6.82. The van der Waals surface area contributed by atoms with Crippen LogP contribution in [-0.4, -0.2) is 31.3 Å². The average Bonchev–Trinajstić information content (AvgIpc) is 2.96. The molecule has 1 aliphatic carbocycles. The van der Waals surface area contributed by atoms with Gasteiger partial charge in [0.2, 0.25) is 0 Å². The highest BCUT2D eigenvalue weighted by Gasteiger charge is 2.25. The molecule has 6 heteroatoms. The molecule has 2 heterocycles. The van der Waals surface area contributed by atoms with Crippen molar-refractivity contribution < 1.29 is 9.47 Å². The maximum absolute atomic E-state index is 5.93. The maximum Gasteiger partial charge on any atom is 0.183 e. The molecule has 4 rings (SSSR count). The first kappa shape index (κ1) is 16.7. The van der Waals surface area contributed by atoms with Crippen molar-refractivity contribution in [3.8, 4) is 22.8 Å². The molecule has 0 saturated heterocycles. The maximum atomic E-state index is 5.93. The SMILES string of the molecule is COc1cccc2c1OCCc1sc(NC3CCC(CN)CC3)nc1-2. The minimum atomic E-state index is 0.513. The Kier molecular flexibility index (Phi) is 4.81. The summed E-state index contributed by atoms with van der Waals surface area (Å²) in [5, 5.41) is 4.68. The zero-order valence-electron chi connectivity index (χ0n) is 14.6. The van der Waals surface area contributed by atoms with Crippen LogP contribution in [0.2, 0.25) is 0 Å². The number of nitrogens with zero attached hydrogens (tertiary/aromatic N) is 1. The van der Waals surface area contributed by atoms with E-state index in [1.807, 2.05) is 12.1 Å². The third-order valence-electron chi connectivity index (χ3n) is 5.23.